The van der Waals surface area contributed by atoms with Crippen molar-refractivity contribution < 1.29 is 4.79 Å². The lowest BCUT2D eigenvalue weighted by Crippen LogP contribution is -2.41. The van der Waals surface area contributed by atoms with Crippen LogP contribution in [0, 0.1) is 0 Å². The van der Waals surface area contributed by atoms with E-state index in [9.17, 15) is 4.79 Å². The summed E-state index contributed by atoms with van der Waals surface area (Å²) in [6.07, 6.45) is 6.15. The minimum atomic E-state index is -0.419. The van der Waals surface area contributed by atoms with Gasteiger partial charge in [-0.2, -0.15) is 0 Å². The fourth-order valence-corrected chi connectivity index (χ4v) is 1.46. The van der Waals surface area contributed by atoms with Crippen LogP contribution < -0.4 is 11.1 Å². The smallest absolute Gasteiger partial charge is 0.237 e. The molecule has 0 fully saturated rings. The van der Waals surface area contributed by atoms with Gasteiger partial charge in [0.15, 0.2) is 0 Å². The molecule has 2 unspecified atom stereocenters. The quantitative estimate of drug-likeness (QED) is 0.676. The van der Waals surface area contributed by atoms with Gasteiger partial charge in [0, 0.05) is 12.4 Å². The molecule has 5 nitrogen and oxygen atoms in total. The summed E-state index contributed by atoms with van der Waals surface area (Å²) in [7, 11) is 0. The van der Waals surface area contributed by atoms with E-state index in [0.29, 0.717) is 0 Å². The first kappa shape index (κ1) is 12.7. The summed E-state index contributed by atoms with van der Waals surface area (Å²) in [5.41, 5.74) is 5.76. The Hall–Kier alpha value is -1.36. The lowest BCUT2D eigenvalue weighted by Gasteiger charge is -2.15. The van der Waals surface area contributed by atoms with Crippen LogP contribution in [0.15, 0.2) is 12.4 Å². The molecule has 1 aromatic heterocycles. The van der Waals surface area contributed by atoms with Crippen molar-refractivity contribution in [2.45, 2.75) is 45.2 Å². The molecule has 5 heteroatoms. The first-order chi connectivity index (χ1) is 7.65. The molecule has 4 N–H and O–H groups in total. The number of nitrogens with zero attached hydrogens (tertiary/aromatic N) is 1. The highest BCUT2D eigenvalue weighted by Crippen LogP contribution is 2.06. The highest BCUT2D eigenvalue weighted by atomic mass is 16.2. The highest BCUT2D eigenvalue weighted by Gasteiger charge is 2.16. The molecule has 0 spiro atoms. The molecule has 16 heavy (non-hydrogen) atoms. The molecular weight excluding hydrogens is 204 g/mol. The molecule has 0 radical (unpaired) electrons. The molecule has 1 aromatic rings. The number of imidazole rings is 1. The first-order valence-electron chi connectivity index (χ1n) is 5.70. The number of hydrogen-bond donors (Lipinski definition) is 3. The van der Waals surface area contributed by atoms with E-state index in [-0.39, 0.29) is 11.9 Å². The number of aromatic nitrogens is 2. The normalized spacial score (nSPS) is 14.4. The first-order valence-corrected chi connectivity index (χ1v) is 5.70. The molecule has 1 amide bonds. The summed E-state index contributed by atoms with van der Waals surface area (Å²) >= 11 is 0. The molecule has 0 saturated carbocycles. The van der Waals surface area contributed by atoms with Gasteiger partial charge >= 0.3 is 0 Å². The largest absolute Gasteiger partial charge is 0.347 e. The Morgan fingerprint density at radius 1 is 1.69 bits per heavy atom. The Balaban J connectivity index is 2.39. The second-order valence-electron chi connectivity index (χ2n) is 3.95. The maximum atomic E-state index is 11.7. The highest BCUT2D eigenvalue weighted by molar-refractivity contribution is 5.81. The summed E-state index contributed by atoms with van der Waals surface area (Å²) in [6, 6.07) is -0.549. The molecule has 0 aliphatic heterocycles. The van der Waals surface area contributed by atoms with E-state index in [1.165, 1.54) is 0 Å². The van der Waals surface area contributed by atoms with Gasteiger partial charge in [-0.1, -0.05) is 19.8 Å². The number of nitrogens with two attached hydrogens (primary N) is 1. The molecule has 0 aliphatic carbocycles. The second kappa shape index (κ2) is 6.27. The molecule has 1 rings (SSSR count). The molecule has 0 saturated heterocycles. The molecular formula is C11H20N4O. The van der Waals surface area contributed by atoms with Crippen molar-refractivity contribution >= 4 is 5.91 Å². The summed E-state index contributed by atoms with van der Waals surface area (Å²) < 4.78 is 0. The number of rotatable bonds is 6. The lowest BCUT2D eigenvalue weighted by molar-refractivity contribution is -0.123. The summed E-state index contributed by atoms with van der Waals surface area (Å²) in [6.45, 7) is 3.96. The van der Waals surface area contributed by atoms with E-state index in [0.717, 1.165) is 25.1 Å². The monoisotopic (exact) mass is 224 g/mol. The second-order valence-corrected chi connectivity index (χ2v) is 3.95. The van der Waals surface area contributed by atoms with Crippen molar-refractivity contribution in [2.24, 2.45) is 5.73 Å². The predicted molar refractivity (Wildman–Crippen MR) is 62.6 cm³/mol. The van der Waals surface area contributed by atoms with E-state index in [4.69, 9.17) is 5.73 Å². The summed E-state index contributed by atoms with van der Waals surface area (Å²) in [4.78, 5) is 18.7. The number of carbonyl (C=O) groups is 1. The summed E-state index contributed by atoms with van der Waals surface area (Å²) in [5, 5.41) is 2.83. The number of carbonyl (C=O) groups excluding carboxylic acids is 1. The minimum absolute atomic E-state index is 0.114. The van der Waals surface area contributed by atoms with E-state index in [2.05, 4.69) is 22.2 Å². The Kier molecular flexibility index (Phi) is 4.98. The van der Waals surface area contributed by atoms with Gasteiger partial charge in [0.1, 0.15) is 5.82 Å². The van der Waals surface area contributed by atoms with Crippen LogP contribution in [0.2, 0.25) is 0 Å². The topological polar surface area (TPSA) is 83.8 Å². The average molecular weight is 224 g/mol. The fraction of sp³-hybridized carbons (Fsp3) is 0.636. The van der Waals surface area contributed by atoms with Crippen molar-refractivity contribution in [3.63, 3.8) is 0 Å². The molecule has 0 bridgehead atoms. The molecule has 0 aromatic carbocycles. The van der Waals surface area contributed by atoms with Crippen molar-refractivity contribution in [1.82, 2.24) is 15.3 Å². The lowest BCUT2D eigenvalue weighted by atomic mass is 10.1. The Labute approximate surface area is 95.8 Å². The molecule has 90 valence electrons. The van der Waals surface area contributed by atoms with Gasteiger partial charge < -0.3 is 16.0 Å². The Morgan fingerprint density at radius 3 is 3.00 bits per heavy atom. The van der Waals surface area contributed by atoms with Crippen LogP contribution in [0.5, 0.6) is 0 Å². The van der Waals surface area contributed by atoms with E-state index in [1.54, 1.807) is 12.4 Å². The summed E-state index contributed by atoms with van der Waals surface area (Å²) in [5.74, 6) is 0.633. The molecule has 0 aliphatic rings. The zero-order valence-electron chi connectivity index (χ0n) is 9.86. The van der Waals surface area contributed by atoms with E-state index in [1.807, 2.05) is 6.92 Å². The van der Waals surface area contributed by atoms with Crippen molar-refractivity contribution in [3.8, 4) is 0 Å². The van der Waals surface area contributed by atoms with Crippen LogP contribution in [0.3, 0.4) is 0 Å². The van der Waals surface area contributed by atoms with Crippen LogP contribution in [-0.2, 0) is 4.79 Å². The van der Waals surface area contributed by atoms with Crippen molar-refractivity contribution in [3.05, 3.63) is 18.2 Å². The number of aromatic amines is 1. The molecule has 1 heterocycles. The van der Waals surface area contributed by atoms with Gasteiger partial charge in [0.2, 0.25) is 5.91 Å². The number of amides is 1. The SMILES string of the molecule is CCCCC(N)C(=O)NC(C)c1ncc[nH]1. The van der Waals surface area contributed by atoms with Gasteiger partial charge in [-0.25, -0.2) is 4.98 Å². The van der Waals surface area contributed by atoms with Crippen LogP contribution in [0.1, 0.15) is 45.0 Å². The van der Waals surface area contributed by atoms with Gasteiger partial charge in [0.25, 0.3) is 0 Å². The van der Waals surface area contributed by atoms with Gasteiger partial charge in [-0.15, -0.1) is 0 Å². The average Bonchev–Trinajstić information content (AvgIpc) is 2.79. The van der Waals surface area contributed by atoms with Crippen LogP contribution in [-0.4, -0.2) is 21.9 Å². The van der Waals surface area contributed by atoms with Gasteiger partial charge in [0.05, 0.1) is 12.1 Å². The number of unbranched alkanes of at least 4 members (excludes halogenated alkanes) is 1. The van der Waals surface area contributed by atoms with Gasteiger partial charge in [-0.05, 0) is 13.3 Å². The zero-order chi connectivity index (χ0) is 12.0. The Morgan fingerprint density at radius 2 is 2.44 bits per heavy atom. The van der Waals surface area contributed by atoms with Crippen molar-refractivity contribution in [1.29, 1.82) is 0 Å². The Bertz CT molecular complexity index is 310. The standard InChI is InChI=1S/C11H20N4O/c1-3-4-5-9(12)11(16)15-8(2)10-13-6-7-14-10/h6-9H,3-5,12H2,1-2H3,(H,13,14)(H,15,16). The third kappa shape index (κ3) is 3.66. The maximum absolute atomic E-state index is 11.7. The van der Waals surface area contributed by atoms with Crippen LogP contribution >= 0.6 is 0 Å². The third-order valence-corrected chi connectivity index (χ3v) is 2.49. The van der Waals surface area contributed by atoms with Gasteiger partial charge in [-0.3, -0.25) is 4.79 Å². The third-order valence-electron chi connectivity index (χ3n) is 2.49. The fourth-order valence-electron chi connectivity index (χ4n) is 1.46. The maximum Gasteiger partial charge on any atom is 0.237 e. The number of hydrogen-bond acceptors (Lipinski definition) is 3. The van der Waals surface area contributed by atoms with Crippen molar-refractivity contribution in [2.75, 3.05) is 0 Å². The number of nitrogens with one attached hydrogen (secondary N) is 2. The zero-order valence-corrected chi connectivity index (χ0v) is 9.86. The predicted octanol–water partition coefficient (Wildman–Crippen LogP) is 1.10. The van der Waals surface area contributed by atoms with Crippen LogP contribution in [0.25, 0.3) is 0 Å². The van der Waals surface area contributed by atoms with Crippen LogP contribution in [0.4, 0.5) is 0 Å². The van der Waals surface area contributed by atoms with E-state index < -0.39 is 6.04 Å². The van der Waals surface area contributed by atoms with E-state index >= 15 is 0 Å². The minimum Gasteiger partial charge on any atom is -0.347 e. The molecule has 2 atom stereocenters. The number of H-pyrrole nitrogens is 1.